The van der Waals surface area contributed by atoms with Gasteiger partial charge in [-0.25, -0.2) is 24.6 Å². The van der Waals surface area contributed by atoms with Crippen LogP contribution in [0, 0.1) is 13.1 Å². The normalized spacial score (nSPS) is 11.6. The number of nitrogens with zero attached hydrogens (tertiary/aromatic N) is 6. The lowest BCUT2D eigenvalue weighted by Gasteiger charge is -2.21. The van der Waals surface area contributed by atoms with Crippen molar-refractivity contribution in [2.24, 2.45) is 0 Å². The summed E-state index contributed by atoms with van der Waals surface area (Å²) in [6.45, 7) is 15.8. The van der Waals surface area contributed by atoms with E-state index >= 15 is 0 Å². The Kier molecular flexibility index (Phi) is 8.90. The average Bonchev–Trinajstić information content (AvgIpc) is 4.07. The molecule has 0 saturated heterocycles. The molecule has 0 N–H and O–H groups in total. The second-order valence-electron chi connectivity index (χ2n) is 16.5. The van der Waals surface area contributed by atoms with Crippen LogP contribution < -0.4 is 0 Å². The Morgan fingerprint density at radius 2 is 0.761 bits per heavy atom. The number of aromatic nitrogens is 4. The Morgan fingerprint density at radius 3 is 1.22 bits per heavy atom. The van der Waals surface area contributed by atoms with Crippen LogP contribution in [0.15, 0.2) is 194 Å². The third kappa shape index (κ3) is 6.39. The molecule has 13 aromatic rings. The second kappa shape index (κ2) is 15.4. The zero-order valence-electron chi connectivity index (χ0n) is 35.5. The van der Waals surface area contributed by atoms with E-state index < -0.39 is 0 Å². The van der Waals surface area contributed by atoms with E-state index in [4.69, 9.17) is 28.1 Å². The van der Waals surface area contributed by atoms with Crippen LogP contribution in [0.1, 0.15) is 0 Å². The van der Waals surface area contributed by atoms with Crippen molar-refractivity contribution < 1.29 is 0 Å². The van der Waals surface area contributed by atoms with E-state index in [0.29, 0.717) is 28.8 Å². The van der Waals surface area contributed by atoms with Gasteiger partial charge in [-0.3, -0.25) is 0 Å². The molecule has 6 nitrogen and oxygen atoms in total. The first-order chi connectivity index (χ1) is 33.1. The van der Waals surface area contributed by atoms with Gasteiger partial charge in [0.25, 0.3) is 0 Å². The Labute approximate surface area is 392 Å². The first-order valence-electron chi connectivity index (χ1n) is 21.8. The van der Waals surface area contributed by atoms with Crippen LogP contribution >= 0.6 is 22.7 Å². The van der Waals surface area contributed by atoms with Crippen LogP contribution in [0.4, 0.5) is 11.4 Å². The lowest BCUT2D eigenvalue weighted by Crippen LogP contribution is -2.04. The van der Waals surface area contributed by atoms with E-state index in [9.17, 15) is 0 Å². The van der Waals surface area contributed by atoms with Crippen LogP contribution in [0.2, 0.25) is 0 Å². The maximum Gasteiger partial charge on any atom is 0.188 e. The predicted molar refractivity (Wildman–Crippen MR) is 280 cm³/mol. The Bertz CT molecular complexity index is 3980. The van der Waals surface area contributed by atoms with E-state index in [1.54, 1.807) is 22.7 Å². The number of hydrogen-bond acceptors (Lipinski definition) is 5. The molecule has 0 bridgehead atoms. The van der Waals surface area contributed by atoms with Crippen molar-refractivity contribution >= 4 is 96.2 Å². The second-order valence-corrected chi connectivity index (χ2v) is 18.7. The number of benzene rings is 9. The molecule has 0 aliphatic carbocycles. The number of fused-ring (bicyclic) bond motifs is 9. The summed E-state index contributed by atoms with van der Waals surface area (Å²) in [6, 6.07) is 67.2. The quantitative estimate of drug-likeness (QED) is 0.156. The highest BCUT2D eigenvalue weighted by Crippen LogP contribution is 2.46. The SMILES string of the molecule is [C-]#[N+]c1ccc2c(c1)c1cc([N+]#[C-])ccc1n2-c1c(-c2ccccc2)cc(-c2nc(-c3ccc4c(c3)sc3ccccc34)nc(-c3ccc4c(c3)sc3ccccc34)n2)cc1-c1ccccc1. The van der Waals surface area contributed by atoms with Crippen molar-refractivity contribution in [2.75, 3.05) is 0 Å². The van der Waals surface area contributed by atoms with Crippen molar-refractivity contribution in [1.29, 1.82) is 0 Å². The monoisotopic (exact) mass is 888 g/mol. The summed E-state index contributed by atoms with van der Waals surface area (Å²) in [5.41, 5.74) is 10.6. The van der Waals surface area contributed by atoms with Gasteiger partial charge in [0.05, 0.1) is 29.9 Å². The third-order valence-corrected chi connectivity index (χ3v) is 14.9. The highest BCUT2D eigenvalue weighted by Gasteiger charge is 2.24. The maximum absolute atomic E-state index is 7.89. The van der Waals surface area contributed by atoms with E-state index in [1.165, 1.54) is 40.3 Å². The Morgan fingerprint density at radius 1 is 0.343 bits per heavy atom. The maximum atomic E-state index is 7.89. The molecule has 9 aromatic carbocycles. The number of thiophene rings is 2. The van der Waals surface area contributed by atoms with Crippen LogP contribution in [-0.2, 0) is 0 Å². The van der Waals surface area contributed by atoms with Crippen molar-refractivity contribution in [3.63, 3.8) is 0 Å². The molecule has 13 rings (SSSR count). The lowest BCUT2D eigenvalue weighted by molar-refractivity contribution is 1.07. The van der Waals surface area contributed by atoms with Crippen LogP contribution in [-0.4, -0.2) is 19.5 Å². The highest BCUT2D eigenvalue weighted by atomic mass is 32.1. The summed E-state index contributed by atoms with van der Waals surface area (Å²) >= 11 is 3.56. The molecule has 0 saturated carbocycles. The first-order valence-corrected chi connectivity index (χ1v) is 23.4. The fourth-order valence-corrected chi connectivity index (χ4v) is 11.8. The summed E-state index contributed by atoms with van der Waals surface area (Å²) in [4.78, 5) is 23.6. The van der Waals surface area contributed by atoms with Gasteiger partial charge >= 0.3 is 0 Å². The minimum absolute atomic E-state index is 0.543. The molecule has 4 aromatic heterocycles. The standard InChI is InChI=1S/C59H32N6S2/c1-60-40-23-27-50-48(33-40)49-34-41(61-2)24-28-51(49)65(50)56-46(35-13-5-3-6-14-35)29-39(30-47(56)36-15-7-4-8-16-36)59-63-57(37-21-25-44-42-17-9-11-19-52(42)66-54(44)31-37)62-58(64-59)38-22-26-45-43-18-10-12-20-53(43)67-55(45)32-38/h3-34H. The molecule has 0 spiro atoms. The Balaban J connectivity index is 1.10. The van der Waals surface area contributed by atoms with Gasteiger partial charge in [0.15, 0.2) is 28.8 Å². The fraction of sp³-hybridized carbons (Fsp3) is 0. The molecule has 0 radical (unpaired) electrons. The minimum atomic E-state index is 0.543. The van der Waals surface area contributed by atoms with E-state index in [0.717, 1.165) is 66.4 Å². The molecule has 0 fully saturated rings. The van der Waals surface area contributed by atoms with Gasteiger partial charge in [-0.05, 0) is 82.6 Å². The molecule has 8 heteroatoms. The van der Waals surface area contributed by atoms with Crippen LogP contribution in [0.5, 0.6) is 0 Å². The van der Waals surface area contributed by atoms with Gasteiger partial charge in [0, 0.05) is 68.2 Å². The summed E-state index contributed by atoms with van der Waals surface area (Å²) in [5.74, 6) is 1.74. The third-order valence-electron chi connectivity index (χ3n) is 12.7. The van der Waals surface area contributed by atoms with Crippen molar-refractivity contribution in [1.82, 2.24) is 19.5 Å². The van der Waals surface area contributed by atoms with Gasteiger partial charge in [-0.1, -0.05) is 133 Å². The van der Waals surface area contributed by atoms with Crippen LogP contribution in [0.25, 0.3) is 134 Å². The minimum Gasteiger partial charge on any atom is -0.308 e. The zero-order valence-corrected chi connectivity index (χ0v) is 37.1. The van der Waals surface area contributed by atoms with E-state index in [2.05, 4.69) is 160 Å². The van der Waals surface area contributed by atoms with Crippen molar-refractivity contribution in [2.45, 2.75) is 0 Å². The van der Waals surface area contributed by atoms with Gasteiger partial charge in [0.2, 0.25) is 0 Å². The predicted octanol–water partition coefficient (Wildman–Crippen LogP) is 17.1. The average molecular weight is 889 g/mol. The molecule has 0 atom stereocenters. The summed E-state index contributed by atoms with van der Waals surface area (Å²) in [6.07, 6.45) is 0. The molecule has 0 unspecified atom stereocenters. The van der Waals surface area contributed by atoms with Gasteiger partial charge in [0.1, 0.15) is 0 Å². The fourth-order valence-electron chi connectivity index (χ4n) is 9.55. The van der Waals surface area contributed by atoms with E-state index in [-0.39, 0.29) is 0 Å². The molecule has 67 heavy (non-hydrogen) atoms. The van der Waals surface area contributed by atoms with E-state index in [1.807, 2.05) is 48.5 Å². The topological polar surface area (TPSA) is 52.3 Å². The van der Waals surface area contributed by atoms with Gasteiger partial charge in [-0.2, -0.15) is 0 Å². The lowest BCUT2D eigenvalue weighted by atomic mass is 9.92. The zero-order chi connectivity index (χ0) is 44.6. The molecule has 310 valence electrons. The molecule has 4 heterocycles. The molecular formula is C59H32N6S2. The van der Waals surface area contributed by atoms with Crippen molar-refractivity contribution in [3.8, 4) is 62.1 Å². The van der Waals surface area contributed by atoms with Crippen molar-refractivity contribution in [3.05, 3.63) is 217 Å². The Hall–Kier alpha value is -8.79. The summed E-state index contributed by atoms with van der Waals surface area (Å²) in [5, 5.41) is 6.73. The molecular weight excluding hydrogens is 857 g/mol. The van der Waals surface area contributed by atoms with Gasteiger partial charge < -0.3 is 4.57 Å². The molecule has 0 aliphatic heterocycles. The molecule has 0 aliphatic rings. The number of hydrogen-bond donors (Lipinski definition) is 0. The summed E-state index contributed by atoms with van der Waals surface area (Å²) < 4.78 is 7.13. The first kappa shape index (κ1) is 38.6. The van der Waals surface area contributed by atoms with Gasteiger partial charge in [-0.15, -0.1) is 22.7 Å². The number of rotatable bonds is 6. The molecule has 0 amide bonds. The summed E-state index contributed by atoms with van der Waals surface area (Å²) in [7, 11) is 0. The highest BCUT2D eigenvalue weighted by molar-refractivity contribution is 7.26. The largest absolute Gasteiger partial charge is 0.308 e. The smallest absolute Gasteiger partial charge is 0.188 e. The van der Waals surface area contributed by atoms with Crippen LogP contribution in [0.3, 0.4) is 0 Å².